The summed E-state index contributed by atoms with van der Waals surface area (Å²) in [6.45, 7) is 0.102. The Hall–Kier alpha value is -1.62. The molecule has 0 radical (unpaired) electrons. The van der Waals surface area contributed by atoms with Crippen LogP contribution in [0.3, 0.4) is 0 Å². The summed E-state index contributed by atoms with van der Waals surface area (Å²) in [7, 11) is 1.54. The lowest BCUT2D eigenvalue weighted by molar-refractivity contribution is 0.201. The smallest absolute Gasteiger partial charge is 0.150 e. The molecule has 76 valence electrons. The van der Waals surface area contributed by atoms with Gasteiger partial charge in [-0.05, 0) is 12.1 Å². The summed E-state index contributed by atoms with van der Waals surface area (Å²) < 4.78 is 10.2. The van der Waals surface area contributed by atoms with Crippen molar-refractivity contribution in [3.63, 3.8) is 0 Å². The minimum absolute atomic E-state index is 0.0748. The first-order valence-electron chi connectivity index (χ1n) is 4.11. The molecule has 0 spiro atoms. The molecule has 0 aliphatic heterocycles. The fourth-order valence-electron chi connectivity index (χ4n) is 0.985. The van der Waals surface area contributed by atoms with E-state index in [4.69, 9.17) is 20.1 Å². The number of rotatable bonds is 5. The van der Waals surface area contributed by atoms with E-state index in [1.54, 1.807) is 25.3 Å². The quantitative estimate of drug-likeness (QED) is 0.704. The number of hydrogen-bond acceptors (Lipinski definition) is 5. The molecule has 0 fully saturated rings. The van der Waals surface area contributed by atoms with Gasteiger partial charge < -0.3 is 14.6 Å². The Balaban J connectivity index is 2.90. The molecule has 1 aromatic carbocycles. The largest absolute Gasteiger partial charge is 0.497 e. The third-order valence-electron chi connectivity index (χ3n) is 1.64. The maximum atomic E-state index is 8.58. The van der Waals surface area contributed by atoms with E-state index >= 15 is 0 Å². The topological polar surface area (TPSA) is 74.9 Å². The Kier molecular flexibility index (Phi) is 3.87. The van der Waals surface area contributed by atoms with Crippen LogP contribution in [0.15, 0.2) is 23.3 Å². The molecule has 0 heterocycles. The molecule has 0 saturated heterocycles. The van der Waals surface area contributed by atoms with Gasteiger partial charge in [0.2, 0.25) is 0 Å². The lowest BCUT2D eigenvalue weighted by atomic mass is 10.3. The zero-order chi connectivity index (χ0) is 10.4. The number of benzene rings is 1. The second-order valence-electron chi connectivity index (χ2n) is 2.52. The van der Waals surface area contributed by atoms with Crippen molar-refractivity contribution in [2.75, 3.05) is 20.3 Å². The lowest BCUT2D eigenvalue weighted by Gasteiger charge is -2.08. The van der Waals surface area contributed by atoms with E-state index in [1.807, 2.05) is 0 Å². The Morgan fingerprint density at radius 1 is 1.50 bits per heavy atom. The fraction of sp³-hybridized carbons (Fsp3) is 0.333. The van der Waals surface area contributed by atoms with Crippen LogP contribution in [-0.2, 0) is 0 Å². The highest BCUT2D eigenvalue weighted by molar-refractivity contribution is 5.54. The summed E-state index contributed by atoms with van der Waals surface area (Å²) in [5, 5.41) is 11.9. The standard InChI is InChI=1S/C9H12N2O3/c1-13-7-2-3-8(11-10)9(6-7)14-5-4-12/h2-3,6,10,12H,4-5H2,1H3. The second kappa shape index (κ2) is 5.18. The van der Waals surface area contributed by atoms with Gasteiger partial charge in [-0.1, -0.05) is 0 Å². The van der Waals surface area contributed by atoms with Crippen molar-refractivity contribution in [1.29, 1.82) is 5.53 Å². The molecule has 0 saturated carbocycles. The van der Waals surface area contributed by atoms with E-state index in [9.17, 15) is 0 Å². The molecule has 0 aliphatic rings. The highest BCUT2D eigenvalue weighted by Gasteiger charge is 2.04. The van der Waals surface area contributed by atoms with Crippen LogP contribution in [0.1, 0.15) is 0 Å². The Labute approximate surface area is 81.8 Å². The highest BCUT2D eigenvalue weighted by atomic mass is 16.5. The molecule has 2 N–H and O–H groups in total. The van der Waals surface area contributed by atoms with Gasteiger partial charge in [-0.3, -0.25) is 0 Å². The van der Waals surface area contributed by atoms with Crippen molar-refractivity contribution < 1.29 is 14.6 Å². The number of methoxy groups -OCH3 is 1. The summed E-state index contributed by atoms with van der Waals surface area (Å²) in [6.07, 6.45) is 0. The molecular weight excluding hydrogens is 184 g/mol. The van der Waals surface area contributed by atoms with Gasteiger partial charge in [-0.2, -0.15) is 5.11 Å². The molecular formula is C9H12N2O3. The summed E-state index contributed by atoms with van der Waals surface area (Å²) >= 11 is 0. The van der Waals surface area contributed by atoms with Gasteiger partial charge in [0.1, 0.15) is 18.0 Å². The Morgan fingerprint density at radius 3 is 2.86 bits per heavy atom. The van der Waals surface area contributed by atoms with Crippen molar-refractivity contribution in [2.24, 2.45) is 5.11 Å². The molecule has 0 unspecified atom stereocenters. The second-order valence-corrected chi connectivity index (χ2v) is 2.52. The van der Waals surface area contributed by atoms with Gasteiger partial charge in [0.05, 0.1) is 13.7 Å². The van der Waals surface area contributed by atoms with Crippen LogP contribution in [0, 0.1) is 5.53 Å². The van der Waals surface area contributed by atoms with E-state index in [-0.39, 0.29) is 13.2 Å². The molecule has 0 amide bonds. The van der Waals surface area contributed by atoms with Gasteiger partial charge in [0.25, 0.3) is 0 Å². The van der Waals surface area contributed by atoms with Crippen molar-refractivity contribution >= 4 is 5.69 Å². The van der Waals surface area contributed by atoms with Crippen molar-refractivity contribution in [2.45, 2.75) is 0 Å². The highest BCUT2D eigenvalue weighted by Crippen LogP contribution is 2.31. The van der Waals surface area contributed by atoms with Crippen LogP contribution in [0.25, 0.3) is 0 Å². The lowest BCUT2D eigenvalue weighted by Crippen LogP contribution is -2.01. The molecule has 0 aliphatic carbocycles. The number of aliphatic hydroxyl groups is 1. The number of nitrogens with zero attached hydrogens (tertiary/aromatic N) is 1. The molecule has 0 bridgehead atoms. The first kappa shape index (κ1) is 10.5. The maximum absolute atomic E-state index is 8.58. The van der Waals surface area contributed by atoms with Crippen LogP contribution < -0.4 is 9.47 Å². The molecule has 5 heteroatoms. The van der Waals surface area contributed by atoms with Crippen LogP contribution in [-0.4, -0.2) is 25.4 Å². The van der Waals surface area contributed by atoms with E-state index in [0.717, 1.165) is 0 Å². The predicted molar refractivity (Wildman–Crippen MR) is 50.4 cm³/mol. The zero-order valence-electron chi connectivity index (χ0n) is 7.86. The molecule has 14 heavy (non-hydrogen) atoms. The molecule has 1 rings (SSSR count). The average Bonchev–Trinajstić information content (AvgIpc) is 2.25. The fourth-order valence-corrected chi connectivity index (χ4v) is 0.985. The molecule has 5 nitrogen and oxygen atoms in total. The summed E-state index contributed by atoms with van der Waals surface area (Å²) in [5.74, 6) is 1.07. The summed E-state index contributed by atoms with van der Waals surface area (Å²) in [6, 6.07) is 4.95. The van der Waals surface area contributed by atoms with Crippen molar-refractivity contribution in [1.82, 2.24) is 0 Å². The Bertz CT molecular complexity index is 315. The van der Waals surface area contributed by atoms with Gasteiger partial charge in [0.15, 0.2) is 5.75 Å². The van der Waals surface area contributed by atoms with Gasteiger partial charge in [-0.25, -0.2) is 5.53 Å². The van der Waals surface area contributed by atoms with Crippen molar-refractivity contribution in [3.05, 3.63) is 18.2 Å². The summed E-state index contributed by atoms with van der Waals surface area (Å²) in [5.41, 5.74) is 7.31. The average molecular weight is 196 g/mol. The monoisotopic (exact) mass is 196 g/mol. The Morgan fingerprint density at radius 2 is 2.29 bits per heavy atom. The van der Waals surface area contributed by atoms with E-state index in [1.165, 1.54) is 0 Å². The summed E-state index contributed by atoms with van der Waals surface area (Å²) in [4.78, 5) is 0. The van der Waals surface area contributed by atoms with Crippen molar-refractivity contribution in [3.8, 4) is 11.5 Å². The first-order valence-corrected chi connectivity index (χ1v) is 4.11. The van der Waals surface area contributed by atoms with Crippen LogP contribution in [0.5, 0.6) is 11.5 Å². The van der Waals surface area contributed by atoms with Crippen LogP contribution in [0.4, 0.5) is 5.69 Å². The number of aliphatic hydroxyl groups excluding tert-OH is 1. The van der Waals surface area contributed by atoms with E-state index in [0.29, 0.717) is 17.2 Å². The SMILES string of the molecule is COc1ccc(N=N)c(OCCO)c1. The van der Waals surface area contributed by atoms with Gasteiger partial charge in [0, 0.05) is 6.07 Å². The first-order chi connectivity index (χ1) is 6.81. The minimum atomic E-state index is -0.0748. The third kappa shape index (κ3) is 2.43. The normalized spacial score (nSPS) is 9.57. The van der Waals surface area contributed by atoms with Gasteiger partial charge >= 0.3 is 0 Å². The maximum Gasteiger partial charge on any atom is 0.150 e. The van der Waals surface area contributed by atoms with E-state index < -0.39 is 0 Å². The number of hydrogen-bond donors (Lipinski definition) is 2. The predicted octanol–water partition coefficient (Wildman–Crippen LogP) is 1.73. The number of ether oxygens (including phenoxy) is 2. The third-order valence-corrected chi connectivity index (χ3v) is 1.64. The van der Waals surface area contributed by atoms with Crippen LogP contribution in [0.2, 0.25) is 0 Å². The molecule has 0 atom stereocenters. The molecule has 0 aromatic heterocycles. The molecule has 1 aromatic rings. The number of nitrogens with one attached hydrogen (secondary N) is 1. The van der Waals surface area contributed by atoms with E-state index in [2.05, 4.69) is 5.11 Å². The minimum Gasteiger partial charge on any atom is -0.497 e. The zero-order valence-corrected chi connectivity index (χ0v) is 7.86. The van der Waals surface area contributed by atoms with Crippen LogP contribution >= 0.6 is 0 Å². The van der Waals surface area contributed by atoms with Gasteiger partial charge in [-0.15, -0.1) is 0 Å².